The third-order valence-corrected chi connectivity index (χ3v) is 3.08. The minimum Gasteiger partial charge on any atom is -0.342 e. The molecule has 0 spiro atoms. The van der Waals surface area contributed by atoms with E-state index in [-0.39, 0.29) is 16.4 Å². The van der Waals surface area contributed by atoms with E-state index in [1.54, 1.807) is 24.3 Å². The first-order valence-corrected chi connectivity index (χ1v) is 6.45. The molecule has 2 aromatic carbocycles. The fraction of sp³-hybridized carbons (Fsp3) is 0.200. The summed E-state index contributed by atoms with van der Waals surface area (Å²) in [5.74, 6) is -0.235. The maximum atomic E-state index is 13.0. The number of nitrogens with two attached hydrogens (primary N) is 1. The number of nitro groups is 1. The number of rotatable bonds is 6. The van der Waals surface area contributed by atoms with Crippen molar-refractivity contribution in [1.82, 2.24) is 0 Å². The molecule has 2 rings (SSSR count). The van der Waals surface area contributed by atoms with Crippen LogP contribution in [0.3, 0.4) is 0 Å². The topological polar surface area (TPSA) is 59.8 Å². The van der Waals surface area contributed by atoms with Crippen molar-refractivity contribution < 1.29 is 14.6 Å². The number of quaternary nitrogens is 1. The average molecular weight is 275 g/mol. The average Bonchev–Trinajstić information content (AvgIpc) is 2.44. The predicted octanol–water partition coefficient (Wildman–Crippen LogP) is 2.04. The molecular formula is C15H16FN2O2+. The molecular weight excluding hydrogens is 259 g/mol. The maximum absolute atomic E-state index is 13.0. The molecule has 0 aliphatic carbocycles. The van der Waals surface area contributed by atoms with E-state index in [1.165, 1.54) is 18.2 Å². The summed E-state index contributed by atoms with van der Waals surface area (Å²) in [6, 6.07) is 13.2. The van der Waals surface area contributed by atoms with E-state index in [2.05, 4.69) is 0 Å². The summed E-state index contributed by atoms with van der Waals surface area (Å²) in [7, 11) is 0. The molecule has 0 amide bonds. The highest BCUT2D eigenvalue weighted by Gasteiger charge is 2.12. The zero-order valence-corrected chi connectivity index (χ0v) is 11.0. The predicted molar refractivity (Wildman–Crippen MR) is 73.7 cm³/mol. The Labute approximate surface area is 116 Å². The molecule has 2 N–H and O–H groups in total. The summed E-state index contributed by atoms with van der Waals surface area (Å²) in [6.07, 6.45) is 0.735. The molecule has 0 heterocycles. The normalized spacial score (nSPS) is 10.4. The van der Waals surface area contributed by atoms with Gasteiger partial charge in [-0.05, 0) is 23.8 Å². The molecule has 0 bridgehead atoms. The van der Waals surface area contributed by atoms with E-state index >= 15 is 0 Å². The number of benzene rings is 2. The lowest BCUT2D eigenvalue weighted by atomic mass is 10.1. The number of halogens is 1. The van der Waals surface area contributed by atoms with E-state index in [4.69, 9.17) is 0 Å². The molecule has 20 heavy (non-hydrogen) atoms. The highest BCUT2D eigenvalue weighted by atomic mass is 19.1. The second-order valence-electron chi connectivity index (χ2n) is 4.55. The van der Waals surface area contributed by atoms with Crippen LogP contribution in [0, 0.1) is 15.9 Å². The van der Waals surface area contributed by atoms with Crippen molar-refractivity contribution in [3.63, 3.8) is 0 Å². The van der Waals surface area contributed by atoms with Crippen LogP contribution in [0.1, 0.15) is 11.1 Å². The van der Waals surface area contributed by atoms with Gasteiger partial charge < -0.3 is 5.32 Å². The van der Waals surface area contributed by atoms with Crippen LogP contribution in [0.5, 0.6) is 0 Å². The molecule has 2 aromatic rings. The first-order valence-electron chi connectivity index (χ1n) is 6.45. The Balaban J connectivity index is 1.86. The van der Waals surface area contributed by atoms with Crippen molar-refractivity contribution in [1.29, 1.82) is 0 Å². The number of para-hydroxylation sites is 1. The van der Waals surface area contributed by atoms with Gasteiger partial charge in [-0.25, -0.2) is 4.39 Å². The van der Waals surface area contributed by atoms with E-state index in [0.29, 0.717) is 12.1 Å². The van der Waals surface area contributed by atoms with Gasteiger partial charge in [0.15, 0.2) is 0 Å². The van der Waals surface area contributed by atoms with Gasteiger partial charge >= 0.3 is 0 Å². The van der Waals surface area contributed by atoms with Gasteiger partial charge in [-0.2, -0.15) is 0 Å². The fourth-order valence-corrected chi connectivity index (χ4v) is 2.08. The Morgan fingerprint density at radius 2 is 1.95 bits per heavy atom. The largest absolute Gasteiger partial charge is 0.342 e. The Morgan fingerprint density at radius 3 is 2.70 bits per heavy atom. The third kappa shape index (κ3) is 3.86. The van der Waals surface area contributed by atoms with Crippen molar-refractivity contribution in [2.24, 2.45) is 0 Å². The molecule has 104 valence electrons. The molecule has 0 aliphatic rings. The monoisotopic (exact) mass is 275 g/mol. The van der Waals surface area contributed by atoms with E-state index in [0.717, 1.165) is 18.5 Å². The molecule has 4 nitrogen and oxygen atoms in total. The summed E-state index contributed by atoms with van der Waals surface area (Å²) in [4.78, 5) is 10.5. The van der Waals surface area contributed by atoms with Crippen molar-refractivity contribution in [2.45, 2.75) is 13.0 Å². The van der Waals surface area contributed by atoms with Crippen LogP contribution in [-0.2, 0) is 13.0 Å². The molecule has 0 aliphatic heterocycles. The molecule has 0 fully saturated rings. The lowest BCUT2D eigenvalue weighted by molar-refractivity contribution is -0.670. The van der Waals surface area contributed by atoms with Gasteiger partial charge in [0, 0.05) is 12.5 Å². The van der Waals surface area contributed by atoms with Gasteiger partial charge in [-0.3, -0.25) is 10.1 Å². The highest BCUT2D eigenvalue weighted by Crippen LogP contribution is 2.15. The van der Waals surface area contributed by atoms with Crippen molar-refractivity contribution >= 4 is 5.69 Å². The summed E-state index contributed by atoms with van der Waals surface area (Å²) < 4.78 is 13.0. The standard InChI is InChI=1S/C15H15FN2O2/c16-14-6-3-4-12(10-14)8-9-17-11-13-5-1-2-7-15(13)18(19)20/h1-7,10,17H,8-9,11H2/p+1. The van der Waals surface area contributed by atoms with Crippen LogP contribution in [-0.4, -0.2) is 11.5 Å². The second kappa shape index (κ2) is 6.77. The second-order valence-corrected chi connectivity index (χ2v) is 4.55. The molecule has 0 radical (unpaired) electrons. The van der Waals surface area contributed by atoms with Crippen LogP contribution >= 0.6 is 0 Å². The Kier molecular flexibility index (Phi) is 4.79. The summed E-state index contributed by atoms with van der Waals surface area (Å²) in [5.41, 5.74) is 1.79. The highest BCUT2D eigenvalue weighted by molar-refractivity contribution is 5.38. The molecule has 0 aromatic heterocycles. The number of hydrogen-bond acceptors (Lipinski definition) is 2. The van der Waals surface area contributed by atoms with Gasteiger partial charge in [-0.15, -0.1) is 0 Å². The van der Waals surface area contributed by atoms with Gasteiger partial charge in [-0.1, -0.05) is 24.3 Å². The smallest absolute Gasteiger partial charge is 0.278 e. The number of nitrogens with zero attached hydrogens (tertiary/aromatic N) is 1. The van der Waals surface area contributed by atoms with Gasteiger partial charge in [0.25, 0.3) is 5.69 Å². The van der Waals surface area contributed by atoms with Gasteiger partial charge in [0.05, 0.1) is 17.0 Å². The van der Waals surface area contributed by atoms with E-state index in [1.807, 2.05) is 11.4 Å². The first-order chi connectivity index (χ1) is 9.66. The van der Waals surface area contributed by atoms with Crippen molar-refractivity contribution in [3.8, 4) is 0 Å². The molecule has 0 unspecified atom stereocenters. The number of nitro benzene ring substituents is 1. The summed E-state index contributed by atoms with van der Waals surface area (Å²) in [5, 5.41) is 12.9. The van der Waals surface area contributed by atoms with Gasteiger partial charge in [0.2, 0.25) is 0 Å². The summed E-state index contributed by atoms with van der Waals surface area (Å²) in [6.45, 7) is 1.31. The van der Waals surface area contributed by atoms with E-state index < -0.39 is 0 Å². The molecule has 0 atom stereocenters. The minimum atomic E-state index is -0.365. The molecule has 0 saturated heterocycles. The maximum Gasteiger partial charge on any atom is 0.278 e. The van der Waals surface area contributed by atoms with Crippen LogP contribution < -0.4 is 5.32 Å². The Bertz CT molecular complexity index is 602. The zero-order valence-electron chi connectivity index (χ0n) is 11.0. The number of hydrogen-bond donors (Lipinski definition) is 1. The van der Waals surface area contributed by atoms with Crippen molar-refractivity contribution in [3.05, 3.63) is 75.6 Å². The fourth-order valence-electron chi connectivity index (χ4n) is 2.08. The Morgan fingerprint density at radius 1 is 1.15 bits per heavy atom. The zero-order chi connectivity index (χ0) is 14.4. The quantitative estimate of drug-likeness (QED) is 0.498. The SMILES string of the molecule is O=[N+]([O-])c1ccccc1C[NH2+]CCc1cccc(F)c1. The summed E-state index contributed by atoms with van der Waals surface area (Å²) >= 11 is 0. The van der Waals surface area contributed by atoms with Crippen LogP contribution in [0.2, 0.25) is 0 Å². The lowest BCUT2D eigenvalue weighted by Gasteiger charge is -2.03. The molecule has 0 saturated carbocycles. The lowest BCUT2D eigenvalue weighted by Crippen LogP contribution is -2.83. The van der Waals surface area contributed by atoms with Crippen molar-refractivity contribution in [2.75, 3.05) is 6.54 Å². The first kappa shape index (κ1) is 14.1. The third-order valence-electron chi connectivity index (χ3n) is 3.08. The van der Waals surface area contributed by atoms with Gasteiger partial charge in [0.1, 0.15) is 12.4 Å². The van der Waals surface area contributed by atoms with Crippen LogP contribution in [0.25, 0.3) is 0 Å². The molecule has 5 heteroatoms. The minimum absolute atomic E-state index is 0.148. The van der Waals surface area contributed by atoms with E-state index in [9.17, 15) is 14.5 Å². The Hall–Kier alpha value is -2.27. The van der Waals surface area contributed by atoms with Crippen LogP contribution in [0.15, 0.2) is 48.5 Å². The van der Waals surface area contributed by atoms with Crippen LogP contribution in [0.4, 0.5) is 10.1 Å².